The van der Waals surface area contributed by atoms with Gasteiger partial charge in [0.1, 0.15) is 18.0 Å². The molecule has 0 spiro atoms. The van der Waals surface area contributed by atoms with Crippen LogP contribution < -0.4 is 9.61 Å². The van der Waals surface area contributed by atoms with Crippen LogP contribution in [0.2, 0.25) is 0 Å². The molecule has 2 aromatic carbocycles. The van der Waals surface area contributed by atoms with Gasteiger partial charge in [0.15, 0.2) is 0 Å². The zero-order valence-corrected chi connectivity index (χ0v) is 21.0. The molecule has 8 nitrogen and oxygen atoms in total. The molecule has 2 amide bonds. The number of carbonyl (C=O) groups is 3. The molecule has 2 saturated carbocycles. The molecule has 2 N–H and O–H groups in total. The van der Waals surface area contributed by atoms with E-state index in [9.17, 15) is 24.3 Å². The number of amides is 2. The Kier molecular flexibility index (Phi) is 5.13. The summed E-state index contributed by atoms with van der Waals surface area (Å²) in [5.41, 5.74) is 1.00. The second-order valence-electron chi connectivity index (χ2n) is 10.1. The van der Waals surface area contributed by atoms with Crippen molar-refractivity contribution in [2.24, 2.45) is 29.6 Å². The highest BCUT2D eigenvalue weighted by Crippen LogP contribution is 2.68. The van der Waals surface area contributed by atoms with Crippen molar-refractivity contribution in [1.29, 1.82) is 0 Å². The van der Waals surface area contributed by atoms with Gasteiger partial charge in [-0.25, -0.2) is 0 Å². The number of ether oxygens (including phenoxy) is 1. The second kappa shape index (κ2) is 8.32. The van der Waals surface area contributed by atoms with Crippen LogP contribution in [0.4, 0.5) is 0 Å². The molecule has 2 aliphatic carbocycles. The average molecular weight is 535 g/mol. The first-order chi connectivity index (χ1) is 17.9. The van der Waals surface area contributed by atoms with Gasteiger partial charge in [0.05, 0.1) is 16.9 Å². The van der Waals surface area contributed by atoms with Crippen LogP contribution in [0.3, 0.4) is 0 Å². The minimum Gasteiger partial charge on any atom is -0.480 e. The van der Waals surface area contributed by atoms with Gasteiger partial charge in [-0.15, -0.1) is 11.8 Å². The minimum atomic E-state index is -1.19. The van der Waals surface area contributed by atoms with Crippen LogP contribution in [0.1, 0.15) is 22.8 Å². The van der Waals surface area contributed by atoms with Crippen molar-refractivity contribution in [2.75, 3.05) is 6.54 Å². The number of hydrogen-bond donors (Lipinski definition) is 2. The Bertz CT molecular complexity index is 1500. The number of para-hydroxylation sites is 1. The lowest BCUT2D eigenvalue weighted by Crippen LogP contribution is -2.42. The summed E-state index contributed by atoms with van der Waals surface area (Å²) in [6.07, 6.45) is 0.756. The molecular formula is C27H22N2O6S2. The molecule has 7 rings (SSSR count). The number of nitrogens with zero attached hydrogens (tertiary/aromatic N) is 1. The standard InChI is InChI=1S/C27H22N2O6S2/c30-17(31)11-29-25(32)20-15-10-16(21(20)26(29)33)22-19(15)18(23-24(36-22)28-27(34)37-23)12-5-4-8-14(9-12)35-13-6-2-1-3-7-13/h1-9,15-16,18-22H,10-11H2,(H,28,34)(H,30,31)/t15-,16-,18-,19-,20+,21-,22-/m1/s1. The third kappa shape index (κ3) is 3.42. The topological polar surface area (TPSA) is 117 Å². The van der Waals surface area contributed by atoms with Gasteiger partial charge < -0.3 is 14.8 Å². The van der Waals surface area contributed by atoms with E-state index in [4.69, 9.17) is 4.74 Å². The number of carboxylic acid groups (broad SMARTS) is 1. The van der Waals surface area contributed by atoms with Crippen LogP contribution in [0.25, 0.3) is 0 Å². The Balaban J connectivity index is 1.29. The van der Waals surface area contributed by atoms with E-state index in [-0.39, 0.29) is 45.6 Å². The number of aromatic amines is 1. The van der Waals surface area contributed by atoms with E-state index in [0.717, 1.165) is 32.5 Å². The van der Waals surface area contributed by atoms with Crippen LogP contribution >= 0.6 is 23.1 Å². The van der Waals surface area contributed by atoms with Gasteiger partial charge in [-0.1, -0.05) is 41.7 Å². The van der Waals surface area contributed by atoms with Crippen LogP contribution in [-0.2, 0) is 14.4 Å². The number of thioether (sulfide) groups is 1. The summed E-state index contributed by atoms with van der Waals surface area (Å²) in [6, 6.07) is 17.4. The number of thiazole rings is 1. The number of fused-ring (bicyclic) bond motifs is 9. The highest BCUT2D eigenvalue weighted by Gasteiger charge is 2.69. The van der Waals surface area contributed by atoms with Gasteiger partial charge >= 0.3 is 10.8 Å². The van der Waals surface area contributed by atoms with Crippen molar-refractivity contribution in [3.8, 4) is 11.5 Å². The molecule has 37 heavy (non-hydrogen) atoms. The number of nitrogens with one attached hydrogen (secondary N) is 1. The molecule has 7 atom stereocenters. The van der Waals surface area contributed by atoms with Crippen LogP contribution in [0.15, 0.2) is 64.4 Å². The first-order valence-electron chi connectivity index (χ1n) is 12.2. The summed E-state index contributed by atoms with van der Waals surface area (Å²) in [6.45, 7) is -0.588. The van der Waals surface area contributed by atoms with Crippen LogP contribution in [0, 0.1) is 29.6 Å². The molecule has 188 valence electrons. The van der Waals surface area contributed by atoms with Gasteiger partial charge in [-0.3, -0.25) is 24.1 Å². The first-order valence-corrected chi connectivity index (χ1v) is 13.9. The highest BCUT2D eigenvalue weighted by atomic mass is 32.2. The minimum absolute atomic E-state index is 0.0388. The molecule has 1 aromatic heterocycles. The molecule has 0 radical (unpaired) electrons. The highest BCUT2D eigenvalue weighted by molar-refractivity contribution is 8.00. The normalized spacial score (nSPS) is 31.2. The molecule has 3 aromatic rings. The molecule has 0 unspecified atom stereocenters. The zero-order chi connectivity index (χ0) is 25.4. The van der Waals surface area contributed by atoms with Crippen molar-refractivity contribution in [3.63, 3.8) is 0 Å². The molecule has 4 aliphatic rings. The quantitative estimate of drug-likeness (QED) is 0.479. The number of benzene rings is 2. The number of H-pyrrole nitrogens is 1. The Labute approximate surface area is 219 Å². The van der Waals surface area contributed by atoms with Gasteiger partial charge in [-0.2, -0.15) is 0 Å². The molecule has 3 fully saturated rings. The Morgan fingerprint density at radius 2 is 1.73 bits per heavy atom. The number of carboxylic acids is 1. The van der Waals surface area contributed by atoms with Crippen LogP contribution in [-0.4, -0.2) is 44.6 Å². The number of aromatic nitrogens is 1. The lowest BCUT2D eigenvalue weighted by Gasteiger charge is -2.43. The fraction of sp³-hybridized carbons (Fsp3) is 0.333. The first kappa shape index (κ1) is 22.8. The molecule has 1 saturated heterocycles. The fourth-order valence-electron chi connectivity index (χ4n) is 7.14. The third-order valence-electron chi connectivity index (χ3n) is 8.30. The van der Waals surface area contributed by atoms with E-state index in [2.05, 4.69) is 4.98 Å². The van der Waals surface area contributed by atoms with Crippen molar-refractivity contribution in [3.05, 3.63) is 74.7 Å². The number of imide groups is 1. The lowest BCUT2D eigenvalue weighted by atomic mass is 9.68. The van der Waals surface area contributed by atoms with Crippen molar-refractivity contribution >= 4 is 40.9 Å². The lowest BCUT2D eigenvalue weighted by molar-refractivity contribution is -0.149. The van der Waals surface area contributed by atoms with E-state index < -0.39 is 24.3 Å². The second-order valence-corrected chi connectivity index (χ2v) is 12.3. The predicted octanol–water partition coefficient (Wildman–Crippen LogP) is 3.79. The van der Waals surface area contributed by atoms with E-state index in [0.29, 0.717) is 5.75 Å². The Morgan fingerprint density at radius 1 is 1.00 bits per heavy atom. The summed E-state index contributed by atoms with van der Waals surface area (Å²) in [5.74, 6) is -1.66. The van der Waals surface area contributed by atoms with Gasteiger partial charge in [0.25, 0.3) is 0 Å². The summed E-state index contributed by atoms with van der Waals surface area (Å²) in [7, 11) is 0. The molecule has 2 bridgehead atoms. The molecular weight excluding hydrogens is 512 g/mol. The maximum atomic E-state index is 13.3. The fourth-order valence-corrected chi connectivity index (χ4v) is 10.0. The summed E-state index contributed by atoms with van der Waals surface area (Å²) >= 11 is 2.81. The van der Waals surface area contributed by atoms with E-state index in [1.165, 1.54) is 11.3 Å². The number of aliphatic carboxylic acids is 1. The Morgan fingerprint density at radius 3 is 2.49 bits per heavy atom. The molecule has 10 heteroatoms. The van der Waals surface area contributed by atoms with Crippen molar-refractivity contribution in [1.82, 2.24) is 9.88 Å². The summed E-state index contributed by atoms with van der Waals surface area (Å²) in [4.78, 5) is 55.0. The average Bonchev–Trinajstić information content (AvgIpc) is 3.60. The number of rotatable bonds is 5. The number of carbonyl (C=O) groups excluding carboxylic acids is 2. The van der Waals surface area contributed by atoms with Gasteiger partial charge in [0.2, 0.25) is 11.8 Å². The Hall–Kier alpha value is -3.37. The van der Waals surface area contributed by atoms with Crippen molar-refractivity contribution < 1.29 is 24.2 Å². The van der Waals surface area contributed by atoms with E-state index in [1.807, 2.05) is 54.6 Å². The molecule has 2 aliphatic heterocycles. The van der Waals surface area contributed by atoms with E-state index in [1.54, 1.807) is 11.8 Å². The van der Waals surface area contributed by atoms with E-state index >= 15 is 0 Å². The predicted molar refractivity (Wildman–Crippen MR) is 136 cm³/mol. The number of hydrogen-bond acceptors (Lipinski definition) is 7. The maximum Gasteiger partial charge on any atom is 0.323 e. The maximum absolute atomic E-state index is 13.3. The SMILES string of the molecule is O=C(O)CN1C(=O)[C@@H]2[C@H]3C[C@@H]([C@@H]2C1=O)[C@@H]1[C@@H](c2cccc(Oc4ccccc4)c2)c2sc(=O)[nH]c2S[C@H]31. The smallest absolute Gasteiger partial charge is 0.323 e. The molecule has 3 heterocycles. The summed E-state index contributed by atoms with van der Waals surface area (Å²) < 4.78 is 6.10. The summed E-state index contributed by atoms with van der Waals surface area (Å²) in [5, 5.41) is 10.2. The monoisotopic (exact) mass is 534 g/mol. The largest absolute Gasteiger partial charge is 0.480 e. The van der Waals surface area contributed by atoms with Gasteiger partial charge in [-0.05, 0) is 54.0 Å². The van der Waals surface area contributed by atoms with Crippen LogP contribution in [0.5, 0.6) is 11.5 Å². The van der Waals surface area contributed by atoms with Gasteiger partial charge in [0, 0.05) is 16.0 Å². The number of likely N-dealkylation sites (tertiary alicyclic amines) is 1. The zero-order valence-electron chi connectivity index (χ0n) is 19.4. The van der Waals surface area contributed by atoms with Crippen molar-refractivity contribution in [2.45, 2.75) is 22.6 Å². The third-order valence-corrected chi connectivity index (χ3v) is 10.9.